The lowest BCUT2D eigenvalue weighted by Crippen LogP contribution is -2.11. The molecule has 0 amide bonds. The Bertz CT molecular complexity index is 3220. The number of hydrogen-bond acceptors (Lipinski definition) is 3. The van der Waals surface area contributed by atoms with Crippen LogP contribution in [0.15, 0.2) is 209 Å². The van der Waals surface area contributed by atoms with Gasteiger partial charge in [0.1, 0.15) is 22.3 Å². The van der Waals surface area contributed by atoms with Gasteiger partial charge in [-0.2, -0.15) is 0 Å². The van der Waals surface area contributed by atoms with Gasteiger partial charge in [-0.15, -0.1) is 0 Å². The van der Waals surface area contributed by atoms with Crippen LogP contribution in [0.3, 0.4) is 0 Å². The maximum absolute atomic E-state index is 6.44. The standard InChI is InChI=1S/C52H33NO2/c1-2-15-41-35(11-1)12-10-19-42(41)36-25-23-34(24-26-36)37-13-9-14-39(31-37)53(40-28-30-47-45-18-5-8-22-50(45)55-52(47)33-40)48-20-6-3-16-43(48)38-27-29-46-44-17-4-7-21-49(44)54-51(46)32-38/h1-33H. The molecular formula is C52H33NO2. The molecule has 0 unspecified atom stereocenters. The zero-order chi connectivity index (χ0) is 36.3. The second-order valence-electron chi connectivity index (χ2n) is 14.1. The molecule has 258 valence electrons. The van der Waals surface area contributed by atoms with Crippen LogP contribution in [0.5, 0.6) is 0 Å². The van der Waals surface area contributed by atoms with E-state index in [-0.39, 0.29) is 0 Å². The second-order valence-corrected chi connectivity index (χ2v) is 14.1. The van der Waals surface area contributed by atoms with Gasteiger partial charge in [0, 0.05) is 44.5 Å². The number of benzene rings is 9. The van der Waals surface area contributed by atoms with Crippen molar-refractivity contribution >= 4 is 71.7 Å². The van der Waals surface area contributed by atoms with Gasteiger partial charge in [0.05, 0.1) is 5.69 Å². The Morgan fingerprint density at radius 3 is 1.64 bits per heavy atom. The van der Waals surface area contributed by atoms with Gasteiger partial charge in [-0.05, 0) is 93.2 Å². The van der Waals surface area contributed by atoms with E-state index < -0.39 is 0 Å². The minimum atomic E-state index is 0.852. The number of anilines is 3. The topological polar surface area (TPSA) is 29.5 Å². The van der Waals surface area contributed by atoms with Crippen LogP contribution in [0, 0.1) is 0 Å². The predicted molar refractivity (Wildman–Crippen MR) is 229 cm³/mol. The zero-order valence-electron chi connectivity index (χ0n) is 29.8. The van der Waals surface area contributed by atoms with Crippen LogP contribution < -0.4 is 4.90 Å². The van der Waals surface area contributed by atoms with Gasteiger partial charge in [0.25, 0.3) is 0 Å². The first-order valence-electron chi connectivity index (χ1n) is 18.7. The van der Waals surface area contributed by atoms with Crippen LogP contribution in [-0.4, -0.2) is 0 Å². The quantitative estimate of drug-likeness (QED) is 0.173. The molecule has 2 heterocycles. The third kappa shape index (κ3) is 5.28. The highest BCUT2D eigenvalue weighted by atomic mass is 16.3. The summed E-state index contributed by atoms with van der Waals surface area (Å²) < 4.78 is 12.8. The summed E-state index contributed by atoms with van der Waals surface area (Å²) in [6, 6.07) is 71.1. The Balaban J connectivity index is 1.05. The molecule has 0 spiro atoms. The highest BCUT2D eigenvalue weighted by Gasteiger charge is 2.20. The number of fused-ring (bicyclic) bond motifs is 7. The van der Waals surface area contributed by atoms with Crippen molar-refractivity contribution in [3.05, 3.63) is 200 Å². The Hall–Kier alpha value is -7.36. The lowest BCUT2D eigenvalue weighted by molar-refractivity contribution is 0.668. The molecule has 0 radical (unpaired) electrons. The molecular weight excluding hydrogens is 671 g/mol. The molecule has 0 aliphatic carbocycles. The van der Waals surface area contributed by atoms with Crippen molar-refractivity contribution in [1.29, 1.82) is 0 Å². The van der Waals surface area contributed by atoms with E-state index in [1.807, 2.05) is 24.3 Å². The fourth-order valence-corrected chi connectivity index (χ4v) is 8.23. The second kappa shape index (κ2) is 12.6. The van der Waals surface area contributed by atoms with Crippen LogP contribution in [-0.2, 0) is 0 Å². The first-order chi connectivity index (χ1) is 27.2. The Labute approximate surface area is 317 Å². The molecule has 0 saturated heterocycles. The van der Waals surface area contributed by atoms with E-state index in [4.69, 9.17) is 8.83 Å². The highest BCUT2D eigenvalue weighted by Crippen LogP contribution is 2.44. The molecule has 0 saturated carbocycles. The Kier molecular flexibility index (Phi) is 7.17. The van der Waals surface area contributed by atoms with Gasteiger partial charge in [-0.1, -0.05) is 140 Å². The summed E-state index contributed by atoms with van der Waals surface area (Å²) in [5.41, 5.74) is 13.5. The average Bonchev–Trinajstić information content (AvgIpc) is 3.82. The Morgan fingerprint density at radius 2 is 0.836 bits per heavy atom. The van der Waals surface area contributed by atoms with Crippen molar-refractivity contribution in [2.24, 2.45) is 0 Å². The number of rotatable bonds is 6. The summed E-state index contributed by atoms with van der Waals surface area (Å²) in [7, 11) is 0. The summed E-state index contributed by atoms with van der Waals surface area (Å²) in [5.74, 6) is 0. The van der Waals surface area contributed by atoms with Crippen LogP contribution in [0.1, 0.15) is 0 Å². The fraction of sp³-hybridized carbons (Fsp3) is 0. The maximum atomic E-state index is 6.44. The van der Waals surface area contributed by atoms with E-state index in [1.54, 1.807) is 0 Å². The number of furan rings is 2. The third-order valence-corrected chi connectivity index (χ3v) is 10.9. The van der Waals surface area contributed by atoms with Crippen LogP contribution in [0.4, 0.5) is 17.1 Å². The minimum Gasteiger partial charge on any atom is -0.456 e. The smallest absolute Gasteiger partial charge is 0.137 e. The minimum absolute atomic E-state index is 0.852. The average molecular weight is 704 g/mol. The number of hydrogen-bond donors (Lipinski definition) is 0. The molecule has 0 fully saturated rings. The zero-order valence-corrected chi connectivity index (χ0v) is 29.8. The van der Waals surface area contributed by atoms with Crippen molar-refractivity contribution in [3.63, 3.8) is 0 Å². The summed E-state index contributed by atoms with van der Waals surface area (Å²) in [5, 5.41) is 6.96. The summed E-state index contributed by atoms with van der Waals surface area (Å²) in [4.78, 5) is 2.35. The van der Waals surface area contributed by atoms with Crippen molar-refractivity contribution in [2.75, 3.05) is 4.90 Å². The van der Waals surface area contributed by atoms with Gasteiger partial charge < -0.3 is 13.7 Å². The van der Waals surface area contributed by atoms with E-state index in [1.165, 1.54) is 21.9 Å². The molecule has 2 aromatic heterocycles. The van der Waals surface area contributed by atoms with Gasteiger partial charge in [0.15, 0.2) is 0 Å². The fourth-order valence-electron chi connectivity index (χ4n) is 8.23. The molecule has 0 N–H and O–H groups in total. The summed E-state index contributed by atoms with van der Waals surface area (Å²) >= 11 is 0. The monoisotopic (exact) mass is 703 g/mol. The van der Waals surface area contributed by atoms with Gasteiger partial charge >= 0.3 is 0 Å². The van der Waals surface area contributed by atoms with Crippen LogP contribution >= 0.6 is 0 Å². The largest absolute Gasteiger partial charge is 0.456 e. The first-order valence-corrected chi connectivity index (χ1v) is 18.7. The molecule has 0 bridgehead atoms. The normalized spacial score (nSPS) is 11.6. The SMILES string of the molecule is c1cc(-c2ccc(-c3cccc4ccccc34)cc2)cc(N(c2ccc3c(c2)oc2ccccc23)c2ccccc2-c2ccc3c(c2)oc2ccccc23)c1. The molecule has 3 heteroatoms. The third-order valence-electron chi connectivity index (χ3n) is 10.9. The molecule has 0 aliphatic rings. The first kappa shape index (κ1) is 31.2. The summed E-state index contributed by atoms with van der Waals surface area (Å²) in [6.07, 6.45) is 0. The van der Waals surface area contributed by atoms with Crippen molar-refractivity contribution in [2.45, 2.75) is 0 Å². The lowest BCUT2D eigenvalue weighted by Gasteiger charge is -2.28. The molecule has 11 rings (SSSR count). The molecule has 0 aliphatic heterocycles. The maximum Gasteiger partial charge on any atom is 0.137 e. The molecule has 11 aromatic rings. The van der Waals surface area contributed by atoms with Crippen molar-refractivity contribution in [3.8, 4) is 33.4 Å². The molecule has 55 heavy (non-hydrogen) atoms. The molecule has 3 nitrogen and oxygen atoms in total. The van der Waals surface area contributed by atoms with Gasteiger partial charge in [-0.25, -0.2) is 0 Å². The van der Waals surface area contributed by atoms with Gasteiger partial charge in [-0.3, -0.25) is 0 Å². The molecule has 9 aromatic carbocycles. The highest BCUT2D eigenvalue weighted by molar-refractivity contribution is 6.08. The number of para-hydroxylation sites is 3. The summed E-state index contributed by atoms with van der Waals surface area (Å²) in [6.45, 7) is 0. The van der Waals surface area contributed by atoms with E-state index in [9.17, 15) is 0 Å². The number of nitrogens with zero attached hydrogens (tertiary/aromatic N) is 1. The Morgan fingerprint density at radius 1 is 0.291 bits per heavy atom. The van der Waals surface area contributed by atoms with E-state index in [0.717, 1.165) is 83.2 Å². The van der Waals surface area contributed by atoms with E-state index >= 15 is 0 Å². The van der Waals surface area contributed by atoms with Crippen LogP contribution in [0.25, 0.3) is 88.0 Å². The van der Waals surface area contributed by atoms with Crippen LogP contribution in [0.2, 0.25) is 0 Å². The van der Waals surface area contributed by atoms with E-state index in [2.05, 4.69) is 181 Å². The van der Waals surface area contributed by atoms with Crippen molar-refractivity contribution in [1.82, 2.24) is 0 Å². The van der Waals surface area contributed by atoms with Gasteiger partial charge in [0.2, 0.25) is 0 Å². The van der Waals surface area contributed by atoms with Crippen molar-refractivity contribution < 1.29 is 8.83 Å². The lowest BCUT2D eigenvalue weighted by atomic mass is 9.96. The van der Waals surface area contributed by atoms with E-state index in [0.29, 0.717) is 0 Å². The predicted octanol–water partition coefficient (Wildman–Crippen LogP) is 15.1. The molecule has 0 atom stereocenters.